The van der Waals surface area contributed by atoms with Crippen LogP contribution in [-0.4, -0.2) is 48.6 Å². The zero-order valence-corrected chi connectivity index (χ0v) is 11.7. The molecule has 0 aromatic heterocycles. The minimum absolute atomic E-state index is 0.0763. The molecule has 2 amide bonds. The van der Waals surface area contributed by atoms with Crippen molar-refractivity contribution in [3.05, 3.63) is 0 Å². The number of carboxylic acid groups (broad SMARTS) is 1. The number of carbonyl (C=O) groups is 3. The van der Waals surface area contributed by atoms with Crippen molar-refractivity contribution >= 4 is 17.8 Å². The Kier molecular flexibility index (Phi) is 8.52. The number of aliphatic carboxylic acids is 1. The summed E-state index contributed by atoms with van der Waals surface area (Å²) in [6.45, 7) is 6.35. The van der Waals surface area contributed by atoms with Crippen LogP contribution in [0.25, 0.3) is 0 Å². The van der Waals surface area contributed by atoms with Gasteiger partial charge in [0.1, 0.15) is 6.04 Å². The van der Waals surface area contributed by atoms with Crippen LogP contribution in [0.2, 0.25) is 0 Å². The first-order valence-corrected chi connectivity index (χ1v) is 6.30. The van der Waals surface area contributed by atoms with E-state index in [1.165, 1.54) is 6.92 Å². The molecule has 19 heavy (non-hydrogen) atoms. The van der Waals surface area contributed by atoms with Gasteiger partial charge in [-0.05, 0) is 5.92 Å². The van der Waals surface area contributed by atoms with E-state index >= 15 is 0 Å². The van der Waals surface area contributed by atoms with Crippen LogP contribution in [0.15, 0.2) is 0 Å². The van der Waals surface area contributed by atoms with E-state index in [2.05, 4.69) is 16.0 Å². The molecule has 0 bridgehead atoms. The Hall–Kier alpha value is -1.63. The molecule has 0 aromatic rings. The lowest BCUT2D eigenvalue weighted by molar-refractivity contribution is -0.141. The van der Waals surface area contributed by atoms with Crippen LogP contribution in [0.5, 0.6) is 0 Å². The third-order valence-corrected chi connectivity index (χ3v) is 2.26. The van der Waals surface area contributed by atoms with Crippen molar-refractivity contribution < 1.29 is 19.5 Å². The van der Waals surface area contributed by atoms with Crippen LogP contribution in [-0.2, 0) is 14.4 Å². The second kappa shape index (κ2) is 9.32. The van der Waals surface area contributed by atoms with Gasteiger partial charge in [0.05, 0.1) is 0 Å². The van der Waals surface area contributed by atoms with Gasteiger partial charge >= 0.3 is 5.97 Å². The fraction of sp³-hybridized carbons (Fsp3) is 0.750. The highest BCUT2D eigenvalue weighted by Crippen LogP contribution is 1.88. The molecular weight excluding hydrogens is 250 g/mol. The average Bonchev–Trinajstić information content (AvgIpc) is 2.29. The molecule has 1 atom stereocenters. The first kappa shape index (κ1) is 17.4. The van der Waals surface area contributed by atoms with Crippen LogP contribution in [0.4, 0.5) is 0 Å². The smallest absolute Gasteiger partial charge is 0.327 e. The number of carboxylic acids is 1. The van der Waals surface area contributed by atoms with Crippen molar-refractivity contribution in [3.63, 3.8) is 0 Å². The van der Waals surface area contributed by atoms with Crippen LogP contribution in [0.1, 0.15) is 27.2 Å². The highest BCUT2D eigenvalue weighted by atomic mass is 16.4. The van der Waals surface area contributed by atoms with E-state index in [1.807, 2.05) is 13.8 Å². The molecule has 7 nitrogen and oxygen atoms in total. The second-order valence-electron chi connectivity index (χ2n) is 4.74. The van der Waals surface area contributed by atoms with E-state index < -0.39 is 17.9 Å². The van der Waals surface area contributed by atoms with E-state index in [1.54, 1.807) is 0 Å². The highest BCUT2D eigenvalue weighted by molar-refractivity contribution is 5.82. The first-order chi connectivity index (χ1) is 8.82. The van der Waals surface area contributed by atoms with Crippen LogP contribution < -0.4 is 16.0 Å². The minimum Gasteiger partial charge on any atom is -0.480 e. The summed E-state index contributed by atoms with van der Waals surface area (Å²) in [5.41, 5.74) is 0. The Morgan fingerprint density at radius 2 is 1.79 bits per heavy atom. The topological polar surface area (TPSA) is 108 Å². The summed E-state index contributed by atoms with van der Waals surface area (Å²) in [6.07, 6.45) is 0.277. The maximum Gasteiger partial charge on any atom is 0.327 e. The van der Waals surface area contributed by atoms with Crippen molar-refractivity contribution in [2.45, 2.75) is 33.2 Å². The lowest BCUT2D eigenvalue weighted by Gasteiger charge is -2.14. The van der Waals surface area contributed by atoms with Gasteiger partial charge in [-0.15, -0.1) is 0 Å². The number of carbonyl (C=O) groups excluding carboxylic acids is 2. The van der Waals surface area contributed by atoms with Gasteiger partial charge in [-0.25, -0.2) is 4.79 Å². The highest BCUT2D eigenvalue weighted by Gasteiger charge is 2.17. The Balaban J connectivity index is 3.79. The SMILES string of the molecule is CC(=O)NC(CNCCC(=O)NCC(C)C)C(=O)O. The molecule has 0 saturated heterocycles. The van der Waals surface area contributed by atoms with Crippen LogP contribution in [0.3, 0.4) is 0 Å². The standard InChI is InChI=1S/C12H23N3O4/c1-8(2)6-14-11(17)4-5-13-7-10(12(18)19)15-9(3)16/h8,10,13H,4-7H2,1-3H3,(H,14,17)(H,15,16)(H,18,19). The lowest BCUT2D eigenvalue weighted by Crippen LogP contribution is -2.47. The van der Waals surface area contributed by atoms with Gasteiger partial charge in [-0.1, -0.05) is 13.8 Å². The predicted molar refractivity (Wildman–Crippen MR) is 70.6 cm³/mol. The summed E-state index contributed by atoms with van der Waals surface area (Å²) in [6, 6.07) is -0.976. The molecule has 0 saturated carbocycles. The summed E-state index contributed by atoms with van der Waals surface area (Å²) in [5, 5.41) is 16.7. The molecule has 0 aliphatic carbocycles. The van der Waals surface area contributed by atoms with Gasteiger partial charge in [-0.2, -0.15) is 0 Å². The zero-order chi connectivity index (χ0) is 14.8. The Bertz CT molecular complexity index is 318. The zero-order valence-electron chi connectivity index (χ0n) is 11.7. The molecule has 0 radical (unpaired) electrons. The normalized spacial score (nSPS) is 12.0. The molecular formula is C12H23N3O4. The van der Waals surface area contributed by atoms with Crippen molar-refractivity contribution in [2.24, 2.45) is 5.92 Å². The van der Waals surface area contributed by atoms with Gasteiger partial charge in [-0.3, -0.25) is 9.59 Å². The molecule has 0 aliphatic rings. The van der Waals surface area contributed by atoms with Crippen molar-refractivity contribution in [3.8, 4) is 0 Å². The summed E-state index contributed by atoms with van der Waals surface area (Å²) >= 11 is 0. The van der Waals surface area contributed by atoms with Gasteiger partial charge < -0.3 is 21.1 Å². The average molecular weight is 273 g/mol. The summed E-state index contributed by atoms with van der Waals surface area (Å²) < 4.78 is 0. The second-order valence-corrected chi connectivity index (χ2v) is 4.74. The number of rotatable bonds is 9. The maximum absolute atomic E-state index is 11.4. The largest absolute Gasteiger partial charge is 0.480 e. The fourth-order valence-electron chi connectivity index (χ4n) is 1.30. The number of amides is 2. The molecule has 110 valence electrons. The predicted octanol–water partition coefficient (Wildman–Crippen LogP) is -0.672. The summed E-state index contributed by atoms with van der Waals surface area (Å²) in [5.74, 6) is -1.18. The van der Waals surface area contributed by atoms with Crippen LogP contribution in [0, 0.1) is 5.92 Å². The van der Waals surface area contributed by atoms with Crippen molar-refractivity contribution in [2.75, 3.05) is 19.6 Å². The minimum atomic E-state index is -1.10. The molecule has 1 unspecified atom stereocenters. The van der Waals surface area contributed by atoms with Crippen molar-refractivity contribution in [1.29, 1.82) is 0 Å². The van der Waals surface area contributed by atoms with E-state index in [-0.39, 0.29) is 18.9 Å². The number of nitrogens with one attached hydrogen (secondary N) is 3. The third-order valence-electron chi connectivity index (χ3n) is 2.26. The maximum atomic E-state index is 11.4. The van der Waals surface area contributed by atoms with E-state index in [0.29, 0.717) is 19.0 Å². The Labute approximate surface area is 113 Å². The van der Waals surface area contributed by atoms with Crippen molar-refractivity contribution in [1.82, 2.24) is 16.0 Å². The molecule has 0 aromatic carbocycles. The van der Waals surface area contributed by atoms with Gasteiger partial charge in [0.2, 0.25) is 11.8 Å². The van der Waals surface area contributed by atoms with Gasteiger partial charge in [0.15, 0.2) is 0 Å². The molecule has 7 heteroatoms. The monoisotopic (exact) mass is 273 g/mol. The van der Waals surface area contributed by atoms with E-state index in [9.17, 15) is 14.4 Å². The number of hydrogen-bond donors (Lipinski definition) is 4. The van der Waals surface area contributed by atoms with E-state index in [0.717, 1.165) is 0 Å². The quantitative estimate of drug-likeness (QED) is 0.417. The molecule has 0 rings (SSSR count). The summed E-state index contributed by atoms with van der Waals surface area (Å²) in [4.78, 5) is 33.0. The van der Waals surface area contributed by atoms with Gasteiger partial charge in [0, 0.05) is 33.0 Å². The molecule has 0 heterocycles. The molecule has 0 spiro atoms. The third kappa shape index (κ3) is 10.0. The molecule has 0 aliphatic heterocycles. The Morgan fingerprint density at radius 1 is 1.16 bits per heavy atom. The van der Waals surface area contributed by atoms with Gasteiger partial charge in [0.25, 0.3) is 0 Å². The Morgan fingerprint density at radius 3 is 2.26 bits per heavy atom. The fourth-order valence-corrected chi connectivity index (χ4v) is 1.30. The molecule has 4 N–H and O–H groups in total. The van der Waals surface area contributed by atoms with Crippen LogP contribution >= 0.6 is 0 Å². The summed E-state index contributed by atoms with van der Waals surface area (Å²) in [7, 11) is 0. The van der Waals surface area contributed by atoms with E-state index in [4.69, 9.17) is 5.11 Å². The lowest BCUT2D eigenvalue weighted by atomic mass is 10.2. The molecule has 0 fully saturated rings. The number of hydrogen-bond acceptors (Lipinski definition) is 4. The first-order valence-electron chi connectivity index (χ1n) is 6.30.